The van der Waals surface area contributed by atoms with Crippen molar-refractivity contribution in [1.82, 2.24) is 0 Å². The Balaban J connectivity index is 2.63. The summed E-state index contributed by atoms with van der Waals surface area (Å²) < 4.78 is 0. The van der Waals surface area contributed by atoms with Crippen molar-refractivity contribution in [3.8, 4) is 0 Å². The smallest absolute Gasteiger partial charge is 0.228 e. The van der Waals surface area contributed by atoms with E-state index in [1.807, 2.05) is 6.07 Å². The second-order valence-electron chi connectivity index (χ2n) is 2.63. The highest BCUT2D eigenvalue weighted by Crippen LogP contribution is 2.13. The summed E-state index contributed by atoms with van der Waals surface area (Å²) in [6.07, 6.45) is 0.271. The molecule has 1 aromatic carbocycles. The zero-order valence-electron chi connectivity index (χ0n) is 5.83. The van der Waals surface area contributed by atoms with Gasteiger partial charge >= 0.3 is 0 Å². The Bertz CT molecular complexity index is 339. The van der Waals surface area contributed by atoms with Gasteiger partial charge in [0.05, 0.1) is 0 Å². The van der Waals surface area contributed by atoms with Gasteiger partial charge in [0.15, 0.2) is 0 Å². The quantitative estimate of drug-likeness (QED) is 0.511. The third kappa shape index (κ3) is 0.871. The summed E-state index contributed by atoms with van der Waals surface area (Å²) in [4.78, 5) is 22.0. The van der Waals surface area contributed by atoms with Crippen molar-refractivity contribution in [3.63, 3.8) is 0 Å². The zero-order valence-corrected chi connectivity index (χ0v) is 5.83. The molecule has 1 aromatic rings. The summed E-state index contributed by atoms with van der Waals surface area (Å²) in [6, 6.07) is 7.09. The molecule has 0 aliphatic heterocycles. The molecule has 1 aliphatic carbocycles. The van der Waals surface area contributed by atoms with E-state index in [1.54, 1.807) is 18.2 Å². The molecule has 1 aliphatic rings. The molecule has 0 aromatic heterocycles. The summed E-state index contributed by atoms with van der Waals surface area (Å²) in [5.41, 5.74) is 1.46. The predicted octanol–water partition coefficient (Wildman–Crippen LogP) is 0.995. The van der Waals surface area contributed by atoms with Gasteiger partial charge in [0.1, 0.15) is 0 Å². The van der Waals surface area contributed by atoms with Crippen LogP contribution in [0.15, 0.2) is 24.3 Å². The van der Waals surface area contributed by atoms with Crippen LogP contribution < -0.4 is 0 Å². The maximum absolute atomic E-state index is 11.0. The number of rotatable bonds is 0. The van der Waals surface area contributed by atoms with E-state index in [9.17, 15) is 9.59 Å². The van der Waals surface area contributed by atoms with E-state index in [4.69, 9.17) is 0 Å². The highest BCUT2D eigenvalue weighted by molar-refractivity contribution is 6.45. The number of carbonyl (C=O) groups is 2. The fourth-order valence-electron chi connectivity index (χ4n) is 1.25. The van der Waals surface area contributed by atoms with Crippen LogP contribution in [0.3, 0.4) is 0 Å². The number of carbonyl (C=O) groups excluding carboxylic acids is 2. The summed E-state index contributed by atoms with van der Waals surface area (Å²) in [6.45, 7) is 0. The molecule has 0 N–H and O–H groups in total. The monoisotopic (exact) mass is 146 g/mol. The van der Waals surface area contributed by atoms with Gasteiger partial charge in [0.2, 0.25) is 11.6 Å². The van der Waals surface area contributed by atoms with Crippen LogP contribution in [-0.2, 0) is 11.2 Å². The molecule has 2 nitrogen and oxygen atoms in total. The van der Waals surface area contributed by atoms with E-state index in [1.165, 1.54) is 0 Å². The molecule has 0 amide bonds. The van der Waals surface area contributed by atoms with E-state index < -0.39 is 0 Å². The average molecular weight is 146 g/mol. The van der Waals surface area contributed by atoms with Crippen LogP contribution in [0.25, 0.3) is 0 Å². The van der Waals surface area contributed by atoms with Crippen molar-refractivity contribution in [3.05, 3.63) is 35.4 Å². The van der Waals surface area contributed by atoms with Crippen molar-refractivity contribution in [2.45, 2.75) is 6.42 Å². The van der Waals surface area contributed by atoms with Gasteiger partial charge < -0.3 is 0 Å². The molecule has 54 valence electrons. The van der Waals surface area contributed by atoms with Crippen LogP contribution >= 0.6 is 0 Å². The first-order chi connectivity index (χ1) is 5.27. The Hall–Kier alpha value is -1.44. The van der Waals surface area contributed by atoms with Gasteiger partial charge in [-0.3, -0.25) is 9.59 Å². The molecule has 11 heavy (non-hydrogen) atoms. The second-order valence-corrected chi connectivity index (χ2v) is 2.63. The summed E-state index contributed by atoms with van der Waals surface area (Å²) >= 11 is 0. The fraction of sp³-hybridized carbons (Fsp3) is 0.111. The number of ketones is 2. The molecule has 2 rings (SSSR count). The van der Waals surface area contributed by atoms with Gasteiger partial charge in [-0.15, -0.1) is 0 Å². The Morgan fingerprint density at radius 3 is 2.82 bits per heavy atom. The highest BCUT2D eigenvalue weighted by Gasteiger charge is 2.21. The van der Waals surface area contributed by atoms with Gasteiger partial charge in [-0.25, -0.2) is 0 Å². The van der Waals surface area contributed by atoms with Crippen LogP contribution in [0.1, 0.15) is 15.9 Å². The third-order valence-corrected chi connectivity index (χ3v) is 1.81. The zero-order chi connectivity index (χ0) is 7.84. The molecule has 0 atom stereocenters. The molecule has 0 unspecified atom stereocenters. The molecule has 2 heteroatoms. The minimum atomic E-state index is -0.349. The van der Waals surface area contributed by atoms with E-state index in [0.717, 1.165) is 5.56 Å². The molecule has 0 spiro atoms. The molecule has 0 radical (unpaired) electrons. The molecule has 0 saturated heterocycles. The number of hydrogen-bond donors (Lipinski definition) is 0. The Labute approximate surface area is 63.8 Å². The van der Waals surface area contributed by atoms with Gasteiger partial charge in [0, 0.05) is 12.0 Å². The number of fused-ring (bicyclic) bond motifs is 2. The van der Waals surface area contributed by atoms with Gasteiger partial charge in [-0.1, -0.05) is 18.2 Å². The van der Waals surface area contributed by atoms with Crippen LogP contribution in [-0.4, -0.2) is 11.6 Å². The highest BCUT2D eigenvalue weighted by atomic mass is 16.2. The average Bonchev–Trinajstić information content (AvgIpc) is 2.01. The first kappa shape index (κ1) is 6.28. The lowest BCUT2D eigenvalue weighted by molar-refractivity contribution is -0.114. The topological polar surface area (TPSA) is 34.1 Å². The molecule has 0 saturated carbocycles. The lowest BCUT2D eigenvalue weighted by Gasteiger charge is -2.08. The molecule has 2 bridgehead atoms. The summed E-state index contributed by atoms with van der Waals surface area (Å²) in [5, 5.41) is 0. The van der Waals surface area contributed by atoms with E-state index in [-0.39, 0.29) is 18.0 Å². The largest absolute Gasteiger partial charge is 0.290 e. The van der Waals surface area contributed by atoms with Crippen molar-refractivity contribution in [1.29, 1.82) is 0 Å². The van der Waals surface area contributed by atoms with Crippen molar-refractivity contribution in [2.24, 2.45) is 0 Å². The predicted molar refractivity (Wildman–Crippen MR) is 39.5 cm³/mol. The molecular formula is C9H6O2. The third-order valence-electron chi connectivity index (χ3n) is 1.81. The minimum absolute atomic E-state index is 0.271. The van der Waals surface area contributed by atoms with Crippen molar-refractivity contribution < 1.29 is 9.59 Å². The van der Waals surface area contributed by atoms with Crippen LogP contribution in [0, 0.1) is 0 Å². The lowest BCUT2D eigenvalue weighted by atomic mass is 9.94. The van der Waals surface area contributed by atoms with Crippen LogP contribution in [0.4, 0.5) is 0 Å². The first-order valence-electron chi connectivity index (χ1n) is 3.44. The van der Waals surface area contributed by atoms with Gasteiger partial charge in [0.25, 0.3) is 0 Å². The number of benzene rings is 1. The van der Waals surface area contributed by atoms with Gasteiger partial charge in [-0.05, 0) is 11.6 Å². The van der Waals surface area contributed by atoms with Crippen molar-refractivity contribution in [2.75, 3.05) is 0 Å². The van der Waals surface area contributed by atoms with Crippen LogP contribution in [0.2, 0.25) is 0 Å². The normalized spacial score (nSPS) is 15.3. The maximum atomic E-state index is 11.0. The Kier molecular flexibility index (Phi) is 1.15. The summed E-state index contributed by atoms with van der Waals surface area (Å²) in [5.74, 6) is -0.642. The molecule has 0 fully saturated rings. The second kappa shape index (κ2) is 2.02. The number of Topliss-reactive ketones (excluding diaryl/α,β-unsaturated/α-hetero) is 2. The van der Waals surface area contributed by atoms with Gasteiger partial charge in [-0.2, -0.15) is 0 Å². The van der Waals surface area contributed by atoms with E-state index in [0.29, 0.717) is 5.56 Å². The lowest BCUT2D eigenvalue weighted by Crippen LogP contribution is -2.20. The van der Waals surface area contributed by atoms with Crippen molar-refractivity contribution >= 4 is 11.6 Å². The maximum Gasteiger partial charge on any atom is 0.228 e. The van der Waals surface area contributed by atoms with E-state index >= 15 is 0 Å². The molecular weight excluding hydrogens is 140 g/mol. The number of hydrogen-bond acceptors (Lipinski definition) is 2. The Morgan fingerprint density at radius 1 is 1.18 bits per heavy atom. The van der Waals surface area contributed by atoms with E-state index in [2.05, 4.69) is 0 Å². The Morgan fingerprint density at radius 2 is 2.00 bits per heavy atom. The van der Waals surface area contributed by atoms with Crippen LogP contribution in [0.5, 0.6) is 0 Å². The standard InChI is InChI=1S/C9H6O2/c10-8-5-6-2-1-3-7(4-6)9(8)11/h1-4H,5H2. The minimum Gasteiger partial charge on any atom is -0.290 e. The fourth-order valence-corrected chi connectivity index (χ4v) is 1.25. The molecule has 0 heterocycles. The summed E-state index contributed by atoms with van der Waals surface area (Å²) in [7, 11) is 0. The SMILES string of the molecule is O=C1Cc2cccc(c2)C1=O. The first-order valence-corrected chi connectivity index (χ1v) is 3.44.